The molecule has 0 fully saturated rings. The third-order valence-corrected chi connectivity index (χ3v) is 7.69. The van der Waals surface area contributed by atoms with Gasteiger partial charge < -0.3 is 15.5 Å². The topological polar surface area (TPSA) is 119 Å². The Hall–Kier alpha value is -4.02. The molecule has 3 aromatic carbocycles. The van der Waals surface area contributed by atoms with Crippen LogP contribution in [0.25, 0.3) is 11.5 Å². The number of aromatic nitrogens is 1. The minimum absolute atomic E-state index is 0.194. The summed E-state index contributed by atoms with van der Waals surface area (Å²) < 4.78 is 45.0. The average molecular weight is 551 g/mol. The molecule has 0 saturated heterocycles. The molecule has 0 radical (unpaired) electrons. The van der Waals surface area contributed by atoms with Crippen molar-refractivity contribution in [3.63, 3.8) is 0 Å². The molecule has 0 aliphatic carbocycles. The van der Waals surface area contributed by atoms with Crippen molar-refractivity contribution in [1.82, 2.24) is 10.3 Å². The van der Waals surface area contributed by atoms with E-state index in [0.29, 0.717) is 23.3 Å². The summed E-state index contributed by atoms with van der Waals surface area (Å²) in [5.41, 5.74) is 8.34. The molecule has 0 spiro atoms. The average Bonchev–Trinajstić information content (AvgIpc) is 3.40. The fourth-order valence-electron chi connectivity index (χ4n) is 4.13. The van der Waals surface area contributed by atoms with Crippen LogP contribution in [0.1, 0.15) is 47.1 Å². The van der Waals surface area contributed by atoms with E-state index in [1.807, 2.05) is 37.3 Å². The molecule has 1 aromatic heterocycles. The van der Waals surface area contributed by atoms with Crippen molar-refractivity contribution < 1.29 is 22.0 Å². The second kappa shape index (κ2) is 11.0. The Bertz CT molecular complexity index is 1570. The number of oxazole rings is 1. The smallest absolute Gasteiger partial charge is 0.251 e. The number of benzene rings is 3. The number of nitrogens with two attached hydrogens (primary N) is 1. The Balaban J connectivity index is 1.67. The summed E-state index contributed by atoms with van der Waals surface area (Å²) in [5.74, 6) is -0.185. The van der Waals surface area contributed by atoms with Gasteiger partial charge in [0.1, 0.15) is 11.6 Å². The molecule has 1 amide bonds. The minimum Gasteiger partial charge on any atom is -0.439 e. The molecule has 4 rings (SSSR count). The van der Waals surface area contributed by atoms with E-state index in [1.54, 1.807) is 37.4 Å². The molecule has 4 aromatic rings. The summed E-state index contributed by atoms with van der Waals surface area (Å²) in [4.78, 5) is 17.6. The third kappa shape index (κ3) is 6.71. The molecule has 0 aliphatic rings. The van der Waals surface area contributed by atoms with Gasteiger partial charge in [0.15, 0.2) is 0 Å². The number of sulfonamides is 1. The molecule has 0 bridgehead atoms. The van der Waals surface area contributed by atoms with Gasteiger partial charge in [0.25, 0.3) is 5.91 Å². The van der Waals surface area contributed by atoms with Crippen molar-refractivity contribution in [1.29, 1.82) is 0 Å². The van der Waals surface area contributed by atoms with Crippen molar-refractivity contribution in [2.75, 3.05) is 17.6 Å². The highest BCUT2D eigenvalue weighted by atomic mass is 32.2. The zero-order valence-corrected chi connectivity index (χ0v) is 23.0. The Morgan fingerprint density at radius 3 is 2.44 bits per heavy atom. The minimum atomic E-state index is -3.62. The molecule has 0 aliphatic heterocycles. The van der Waals surface area contributed by atoms with E-state index in [2.05, 4.69) is 10.3 Å². The summed E-state index contributed by atoms with van der Waals surface area (Å²) in [6.07, 6.45) is 3.12. The Morgan fingerprint density at radius 1 is 1.13 bits per heavy atom. The second-order valence-corrected chi connectivity index (χ2v) is 11.9. The first-order chi connectivity index (χ1) is 18.3. The Morgan fingerprint density at radius 2 is 1.79 bits per heavy atom. The molecule has 3 N–H and O–H groups in total. The van der Waals surface area contributed by atoms with E-state index < -0.39 is 27.5 Å². The van der Waals surface area contributed by atoms with Crippen LogP contribution in [-0.4, -0.2) is 32.6 Å². The summed E-state index contributed by atoms with van der Waals surface area (Å²) in [7, 11) is -2.23. The molecule has 204 valence electrons. The lowest BCUT2D eigenvalue weighted by molar-refractivity contribution is 0.0940. The van der Waals surface area contributed by atoms with Gasteiger partial charge in [0.2, 0.25) is 15.9 Å². The SMILES string of the molecule is CC(NC(=O)c1cc(-c2ncc([C@@](C)(N)Cc3ccccc3)o2)cc(N(C)S(C)(=O)=O)c1)c1ccc(F)cc1. The van der Waals surface area contributed by atoms with Gasteiger partial charge in [0.05, 0.1) is 29.7 Å². The van der Waals surface area contributed by atoms with E-state index in [0.717, 1.165) is 16.1 Å². The normalized spacial score (nSPS) is 13.9. The summed E-state index contributed by atoms with van der Waals surface area (Å²) in [6.45, 7) is 3.61. The van der Waals surface area contributed by atoms with Crippen molar-refractivity contribution in [3.8, 4) is 11.5 Å². The first kappa shape index (κ1) is 28.0. The zero-order valence-electron chi connectivity index (χ0n) is 22.2. The van der Waals surface area contributed by atoms with Gasteiger partial charge >= 0.3 is 0 Å². The van der Waals surface area contributed by atoms with Crippen LogP contribution >= 0.6 is 0 Å². The number of rotatable bonds is 9. The highest BCUT2D eigenvalue weighted by molar-refractivity contribution is 7.92. The standard InChI is InChI=1S/C29H31FN4O4S/c1-19(21-10-12-24(30)13-11-21)33-27(35)22-14-23(16-25(15-22)34(3)39(4,36)37)28-32-18-26(38-28)29(2,31)17-20-8-6-5-7-9-20/h5-16,18-19H,17,31H2,1-4H3,(H,33,35)/t19?,29-/m0/s1. The number of anilines is 1. The second-order valence-electron chi connectivity index (χ2n) is 9.86. The molecule has 1 unspecified atom stereocenters. The Labute approximate surface area is 227 Å². The van der Waals surface area contributed by atoms with Gasteiger partial charge in [-0.2, -0.15) is 0 Å². The third-order valence-electron chi connectivity index (χ3n) is 6.49. The van der Waals surface area contributed by atoms with Gasteiger partial charge in [-0.3, -0.25) is 9.10 Å². The van der Waals surface area contributed by atoms with Gasteiger partial charge in [0, 0.05) is 18.2 Å². The summed E-state index contributed by atoms with van der Waals surface area (Å²) in [6, 6.07) is 19.8. The maximum Gasteiger partial charge on any atom is 0.251 e. The van der Waals surface area contributed by atoms with Crippen molar-refractivity contribution in [2.24, 2.45) is 5.73 Å². The molecule has 39 heavy (non-hydrogen) atoms. The van der Waals surface area contributed by atoms with Crippen molar-refractivity contribution >= 4 is 21.6 Å². The number of carbonyl (C=O) groups is 1. The van der Waals surface area contributed by atoms with Crippen LogP contribution in [0.2, 0.25) is 0 Å². The van der Waals surface area contributed by atoms with Gasteiger partial charge in [-0.1, -0.05) is 42.5 Å². The highest BCUT2D eigenvalue weighted by Crippen LogP contribution is 2.31. The Kier molecular flexibility index (Phi) is 7.89. The molecule has 0 saturated carbocycles. The number of nitrogens with one attached hydrogen (secondary N) is 1. The number of halogens is 1. The number of hydrogen-bond acceptors (Lipinski definition) is 6. The maximum atomic E-state index is 13.3. The van der Waals surface area contributed by atoms with Crippen LogP contribution in [0.4, 0.5) is 10.1 Å². The van der Waals surface area contributed by atoms with E-state index in [-0.39, 0.29) is 23.0 Å². The largest absolute Gasteiger partial charge is 0.439 e. The fourth-order valence-corrected chi connectivity index (χ4v) is 4.62. The van der Waals surface area contributed by atoms with Crippen LogP contribution in [0.15, 0.2) is 83.4 Å². The zero-order chi connectivity index (χ0) is 28.4. The number of hydrogen-bond donors (Lipinski definition) is 2. The molecule has 8 nitrogen and oxygen atoms in total. The first-order valence-electron chi connectivity index (χ1n) is 12.3. The lowest BCUT2D eigenvalue weighted by atomic mass is 9.92. The lowest BCUT2D eigenvalue weighted by Gasteiger charge is -2.21. The van der Waals surface area contributed by atoms with Gasteiger partial charge in [-0.05, 0) is 61.7 Å². The number of carbonyl (C=O) groups excluding carboxylic acids is 1. The van der Waals surface area contributed by atoms with E-state index in [9.17, 15) is 17.6 Å². The monoisotopic (exact) mass is 550 g/mol. The van der Waals surface area contributed by atoms with E-state index in [4.69, 9.17) is 10.2 Å². The maximum absolute atomic E-state index is 13.3. The number of amides is 1. The summed E-state index contributed by atoms with van der Waals surface area (Å²) >= 11 is 0. The molecule has 2 atom stereocenters. The summed E-state index contributed by atoms with van der Waals surface area (Å²) in [5, 5.41) is 2.87. The number of nitrogens with zero attached hydrogens (tertiary/aromatic N) is 2. The van der Waals surface area contributed by atoms with E-state index in [1.165, 1.54) is 25.2 Å². The van der Waals surface area contributed by atoms with Crippen molar-refractivity contribution in [2.45, 2.75) is 31.8 Å². The van der Waals surface area contributed by atoms with Gasteiger partial charge in [-0.25, -0.2) is 17.8 Å². The van der Waals surface area contributed by atoms with Crippen LogP contribution in [0.5, 0.6) is 0 Å². The van der Waals surface area contributed by atoms with Crippen LogP contribution < -0.4 is 15.4 Å². The molecule has 10 heteroatoms. The van der Waals surface area contributed by atoms with Crippen LogP contribution in [0, 0.1) is 5.82 Å². The van der Waals surface area contributed by atoms with Crippen molar-refractivity contribution in [3.05, 3.63) is 107 Å². The van der Waals surface area contributed by atoms with Gasteiger partial charge in [-0.15, -0.1) is 0 Å². The van der Waals surface area contributed by atoms with E-state index >= 15 is 0 Å². The molecular weight excluding hydrogens is 519 g/mol. The predicted octanol–water partition coefficient (Wildman–Crippen LogP) is 4.78. The quantitative estimate of drug-likeness (QED) is 0.310. The van der Waals surface area contributed by atoms with Crippen LogP contribution in [-0.2, 0) is 22.0 Å². The first-order valence-corrected chi connectivity index (χ1v) is 14.1. The predicted molar refractivity (Wildman–Crippen MR) is 149 cm³/mol. The fraction of sp³-hybridized carbons (Fsp3) is 0.241. The molecule has 1 heterocycles. The van der Waals surface area contributed by atoms with Crippen LogP contribution in [0.3, 0.4) is 0 Å². The highest BCUT2D eigenvalue weighted by Gasteiger charge is 2.27. The lowest BCUT2D eigenvalue weighted by Crippen LogP contribution is -2.35. The molecular formula is C29H31FN4O4S.